The van der Waals surface area contributed by atoms with Gasteiger partial charge in [0.25, 0.3) is 0 Å². The van der Waals surface area contributed by atoms with E-state index in [4.69, 9.17) is 0 Å². The topological polar surface area (TPSA) is 54.0 Å². The molecule has 1 unspecified atom stereocenters. The van der Waals surface area contributed by atoms with E-state index in [1.165, 1.54) is 0 Å². The van der Waals surface area contributed by atoms with Gasteiger partial charge >= 0.3 is 0 Å². The highest BCUT2D eigenvalue weighted by atomic mass is 16.2. The number of amides is 1. The first kappa shape index (κ1) is 13.1. The van der Waals surface area contributed by atoms with E-state index >= 15 is 0 Å². The van der Waals surface area contributed by atoms with Crippen LogP contribution in [-0.2, 0) is 4.79 Å². The number of carbonyl (C=O) groups is 1. The Balaban J connectivity index is 1.94. The van der Waals surface area contributed by atoms with Gasteiger partial charge in [0, 0.05) is 11.1 Å². The summed E-state index contributed by atoms with van der Waals surface area (Å²) in [5, 5.41) is 7.35. The van der Waals surface area contributed by atoms with Crippen LogP contribution in [0.15, 0.2) is 30.3 Å². The normalized spacial score (nSPS) is 22.1. The predicted molar refractivity (Wildman–Crippen MR) is 80.8 cm³/mol. The number of aromatic nitrogens is 1. The Morgan fingerprint density at radius 1 is 1.35 bits per heavy atom. The molecule has 1 aromatic carbocycles. The highest BCUT2D eigenvalue weighted by molar-refractivity contribution is 6.04. The van der Waals surface area contributed by atoms with E-state index in [1.807, 2.05) is 44.2 Å². The van der Waals surface area contributed by atoms with Gasteiger partial charge < -0.3 is 10.6 Å². The van der Waals surface area contributed by atoms with Gasteiger partial charge in [0.1, 0.15) is 0 Å². The lowest BCUT2D eigenvalue weighted by Crippen LogP contribution is -2.48. The second-order valence-electron chi connectivity index (χ2n) is 5.65. The van der Waals surface area contributed by atoms with Crippen molar-refractivity contribution >= 4 is 22.5 Å². The summed E-state index contributed by atoms with van der Waals surface area (Å²) in [4.78, 5) is 17.0. The van der Waals surface area contributed by atoms with E-state index < -0.39 is 5.54 Å². The number of rotatable bonds is 2. The highest BCUT2D eigenvalue weighted by Crippen LogP contribution is 2.25. The standard InChI is InChI=1S/C16H19N3O/c1-11-7-8-12-5-3-6-13(14(12)18-11)19-15(20)16(2)9-4-10-17-16/h3,5-8,17H,4,9-10H2,1-2H3,(H,19,20). The zero-order valence-electron chi connectivity index (χ0n) is 11.9. The van der Waals surface area contributed by atoms with Gasteiger partial charge in [-0.2, -0.15) is 0 Å². The summed E-state index contributed by atoms with van der Waals surface area (Å²) in [5.41, 5.74) is 2.12. The molecule has 0 saturated carbocycles. The molecule has 1 amide bonds. The molecule has 1 aliphatic rings. The van der Waals surface area contributed by atoms with Gasteiger partial charge in [-0.1, -0.05) is 18.2 Å². The molecule has 4 nitrogen and oxygen atoms in total. The van der Waals surface area contributed by atoms with Crippen LogP contribution in [0.4, 0.5) is 5.69 Å². The van der Waals surface area contributed by atoms with Crippen LogP contribution < -0.4 is 10.6 Å². The Bertz CT molecular complexity index is 660. The third-order valence-corrected chi connectivity index (χ3v) is 3.98. The van der Waals surface area contributed by atoms with Crippen molar-refractivity contribution in [3.8, 4) is 0 Å². The fourth-order valence-electron chi connectivity index (χ4n) is 2.69. The molecule has 4 heteroatoms. The zero-order chi connectivity index (χ0) is 14.2. The van der Waals surface area contributed by atoms with E-state index in [1.54, 1.807) is 0 Å². The van der Waals surface area contributed by atoms with Crippen molar-refractivity contribution in [2.24, 2.45) is 0 Å². The number of fused-ring (bicyclic) bond motifs is 1. The van der Waals surface area contributed by atoms with E-state index in [0.717, 1.165) is 41.7 Å². The van der Waals surface area contributed by atoms with Crippen molar-refractivity contribution in [1.82, 2.24) is 10.3 Å². The maximum Gasteiger partial charge on any atom is 0.244 e. The fraction of sp³-hybridized carbons (Fsp3) is 0.375. The molecule has 1 fully saturated rings. The minimum atomic E-state index is -0.466. The third-order valence-electron chi connectivity index (χ3n) is 3.98. The smallest absolute Gasteiger partial charge is 0.244 e. The van der Waals surface area contributed by atoms with Crippen LogP contribution in [0.2, 0.25) is 0 Å². The third kappa shape index (κ3) is 2.27. The maximum absolute atomic E-state index is 12.5. The van der Waals surface area contributed by atoms with E-state index in [9.17, 15) is 4.79 Å². The van der Waals surface area contributed by atoms with Crippen molar-refractivity contribution < 1.29 is 4.79 Å². The van der Waals surface area contributed by atoms with E-state index in [2.05, 4.69) is 15.6 Å². The molecule has 0 bridgehead atoms. The molecular weight excluding hydrogens is 250 g/mol. The Morgan fingerprint density at radius 2 is 2.20 bits per heavy atom. The number of anilines is 1. The van der Waals surface area contributed by atoms with Crippen LogP contribution >= 0.6 is 0 Å². The van der Waals surface area contributed by atoms with Crippen LogP contribution in [0, 0.1) is 6.92 Å². The Hall–Kier alpha value is -1.94. The molecule has 2 N–H and O–H groups in total. The molecule has 0 radical (unpaired) electrons. The number of para-hydroxylation sites is 1. The van der Waals surface area contributed by atoms with E-state index in [-0.39, 0.29) is 5.91 Å². The first-order valence-corrected chi connectivity index (χ1v) is 7.01. The van der Waals surface area contributed by atoms with Gasteiger partial charge in [-0.25, -0.2) is 0 Å². The number of nitrogens with zero attached hydrogens (tertiary/aromatic N) is 1. The van der Waals surface area contributed by atoms with Gasteiger partial charge in [-0.05, 0) is 45.4 Å². The van der Waals surface area contributed by atoms with Gasteiger partial charge in [0.15, 0.2) is 0 Å². The summed E-state index contributed by atoms with van der Waals surface area (Å²) >= 11 is 0. The molecule has 1 aromatic heterocycles. The summed E-state index contributed by atoms with van der Waals surface area (Å²) in [6.45, 7) is 4.81. The number of hydrogen-bond acceptors (Lipinski definition) is 3. The van der Waals surface area contributed by atoms with Crippen LogP contribution in [0.5, 0.6) is 0 Å². The summed E-state index contributed by atoms with van der Waals surface area (Å²) < 4.78 is 0. The van der Waals surface area contributed by atoms with Gasteiger partial charge in [-0.15, -0.1) is 0 Å². The van der Waals surface area contributed by atoms with Crippen LogP contribution in [-0.4, -0.2) is 23.0 Å². The number of benzene rings is 1. The van der Waals surface area contributed by atoms with E-state index in [0.29, 0.717) is 0 Å². The maximum atomic E-state index is 12.5. The first-order chi connectivity index (χ1) is 9.58. The number of pyridine rings is 1. The van der Waals surface area contributed by atoms with Crippen molar-refractivity contribution in [1.29, 1.82) is 0 Å². The molecule has 104 valence electrons. The minimum absolute atomic E-state index is 0.0193. The molecule has 1 aliphatic heterocycles. The molecule has 2 aromatic rings. The SMILES string of the molecule is Cc1ccc2cccc(NC(=O)C3(C)CCCN3)c2n1. The van der Waals surface area contributed by atoms with Crippen molar-refractivity contribution in [3.05, 3.63) is 36.0 Å². The van der Waals surface area contributed by atoms with Gasteiger partial charge in [0.05, 0.1) is 16.7 Å². The Morgan fingerprint density at radius 3 is 2.95 bits per heavy atom. The lowest BCUT2D eigenvalue weighted by atomic mass is 9.99. The average Bonchev–Trinajstić information content (AvgIpc) is 2.88. The van der Waals surface area contributed by atoms with Crippen LogP contribution in [0.25, 0.3) is 10.9 Å². The largest absolute Gasteiger partial charge is 0.323 e. The lowest BCUT2D eigenvalue weighted by molar-refractivity contribution is -0.121. The molecule has 1 saturated heterocycles. The zero-order valence-corrected chi connectivity index (χ0v) is 11.9. The van der Waals surface area contributed by atoms with Gasteiger partial charge in [0.2, 0.25) is 5.91 Å². The van der Waals surface area contributed by atoms with Crippen LogP contribution in [0.3, 0.4) is 0 Å². The Labute approximate surface area is 118 Å². The summed E-state index contributed by atoms with van der Waals surface area (Å²) in [5.74, 6) is 0.0193. The molecule has 1 atom stereocenters. The van der Waals surface area contributed by atoms with Crippen molar-refractivity contribution in [3.63, 3.8) is 0 Å². The summed E-state index contributed by atoms with van der Waals surface area (Å²) in [7, 11) is 0. The van der Waals surface area contributed by atoms with Crippen molar-refractivity contribution in [2.45, 2.75) is 32.2 Å². The molecule has 20 heavy (non-hydrogen) atoms. The minimum Gasteiger partial charge on any atom is -0.323 e. The first-order valence-electron chi connectivity index (χ1n) is 7.01. The Kier molecular flexibility index (Phi) is 3.18. The second-order valence-corrected chi connectivity index (χ2v) is 5.65. The molecule has 0 spiro atoms. The molecule has 0 aliphatic carbocycles. The second kappa shape index (κ2) is 4.87. The number of hydrogen-bond donors (Lipinski definition) is 2. The fourth-order valence-corrected chi connectivity index (χ4v) is 2.69. The number of nitrogens with one attached hydrogen (secondary N) is 2. The predicted octanol–water partition coefficient (Wildman–Crippen LogP) is 2.62. The van der Waals surface area contributed by atoms with Gasteiger partial charge in [-0.3, -0.25) is 9.78 Å². The monoisotopic (exact) mass is 269 g/mol. The molecule has 3 rings (SSSR count). The van der Waals surface area contributed by atoms with Crippen LogP contribution in [0.1, 0.15) is 25.5 Å². The lowest BCUT2D eigenvalue weighted by Gasteiger charge is -2.23. The summed E-state index contributed by atoms with van der Waals surface area (Å²) in [6.07, 6.45) is 1.91. The number of carbonyl (C=O) groups excluding carboxylic acids is 1. The van der Waals surface area contributed by atoms with Crippen molar-refractivity contribution in [2.75, 3.05) is 11.9 Å². The quantitative estimate of drug-likeness (QED) is 0.881. The number of aryl methyl sites for hydroxylation is 1. The summed E-state index contributed by atoms with van der Waals surface area (Å²) in [6, 6.07) is 9.87. The average molecular weight is 269 g/mol. The molecular formula is C16H19N3O. The highest BCUT2D eigenvalue weighted by Gasteiger charge is 2.36. The molecule has 2 heterocycles.